The molecule has 1 amide bonds. The standard InChI is InChI=1S/C9H6ClN3O2/c10-6-1-3-7(4-2-6)12-9(14)8-5-11-15-13-8/h1-5H,(H,12,14). The second-order valence-corrected chi connectivity index (χ2v) is 3.19. The molecule has 6 heteroatoms. The fraction of sp³-hybridized carbons (Fsp3) is 0. The topological polar surface area (TPSA) is 68.0 Å². The van der Waals surface area contributed by atoms with Crippen LogP contribution in [0.1, 0.15) is 10.5 Å². The second kappa shape index (κ2) is 4.10. The zero-order chi connectivity index (χ0) is 10.7. The summed E-state index contributed by atoms with van der Waals surface area (Å²) in [5, 5.41) is 9.96. The molecule has 1 N–H and O–H groups in total. The first-order chi connectivity index (χ1) is 7.25. The molecule has 0 radical (unpaired) electrons. The van der Waals surface area contributed by atoms with Crippen LogP contribution in [0.5, 0.6) is 0 Å². The second-order valence-electron chi connectivity index (χ2n) is 2.75. The van der Waals surface area contributed by atoms with Gasteiger partial charge in [-0.2, -0.15) is 0 Å². The zero-order valence-electron chi connectivity index (χ0n) is 7.48. The van der Waals surface area contributed by atoms with Crippen LogP contribution in [0.15, 0.2) is 35.1 Å². The quantitative estimate of drug-likeness (QED) is 0.845. The number of anilines is 1. The minimum atomic E-state index is -0.376. The molecule has 0 unspecified atom stereocenters. The first kappa shape index (κ1) is 9.67. The van der Waals surface area contributed by atoms with E-state index in [1.165, 1.54) is 6.20 Å². The molecule has 1 aromatic heterocycles. The fourth-order valence-electron chi connectivity index (χ4n) is 0.993. The Hall–Kier alpha value is -1.88. The molecule has 0 aliphatic carbocycles. The molecule has 0 atom stereocenters. The van der Waals surface area contributed by atoms with Gasteiger partial charge in [0, 0.05) is 10.7 Å². The summed E-state index contributed by atoms with van der Waals surface area (Å²) in [5.74, 6) is -0.376. The van der Waals surface area contributed by atoms with Crippen LogP contribution in [0.25, 0.3) is 0 Å². The van der Waals surface area contributed by atoms with Crippen molar-refractivity contribution in [1.29, 1.82) is 0 Å². The van der Waals surface area contributed by atoms with E-state index in [9.17, 15) is 4.79 Å². The number of carbonyl (C=O) groups is 1. The van der Waals surface area contributed by atoms with Gasteiger partial charge in [0.15, 0.2) is 5.69 Å². The van der Waals surface area contributed by atoms with Gasteiger partial charge in [0.05, 0.1) is 0 Å². The molecule has 0 bridgehead atoms. The van der Waals surface area contributed by atoms with Crippen LogP contribution >= 0.6 is 11.6 Å². The van der Waals surface area contributed by atoms with Crippen molar-refractivity contribution in [2.75, 3.05) is 5.32 Å². The number of amides is 1. The van der Waals surface area contributed by atoms with Gasteiger partial charge in [-0.1, -0.05) is 16.8 Å². The lowest BCUT2D eigenvalue weighted by Gasteiger charge is -2.01. The van der Waals surface area contributed by atoms with Gasteiger partial charge in [0.2, 0.25) is 0 Å². The Labute approximate surface area is 90.0 Å². The number of nitrogens with one attached hydrogen (secondary N) is 1. The number of carbonyl (C=O) groups excluding carboxylic acids is 1. The molecular formula is C9H6ClN3O2. The molecule has 0 aliphatic rings. The maximum absolute atomic E-state index is 11.5. The molecule has 1 aromatic carbocycles. The van der Waals surface area contributed by atoms with Crippen molar-refractivity contribution in [3.8, 4) is 0 Å². The van der Waals surface area contributed by atoms with Crippen LogP contribution in [0.2, 0.25) is 5.02 Å². The number of benzene rings is 1. The summed E-state index contributed by atoms with van der Waals surface area (Å²) < 4.78 is 4.31. The van der Waals surface area contributed by atoms with Gasteiger partial charge in [-0.25, -0.2) is 4.63 Å². The van der Waals surface area contributed by atoms with Crippen molar-refractivity contribution in [3.63, 3.8) is 0 Å². The summed E-state index contributed by atoms with van der Waals surface area (Å²) in [6.45, 7) is 0. The molecule has 76 valence electrons. The lowest BCUT2D eigenvalue weighted by molar-refractivity contribution is 0.101. The van der Waals surface area contributed by atoms with Crippen molar-refractivity contribution in [2.45, 2.75) is 0 Å². The van der Waals surface area contributed by atoms with Crippen LogP contribution in [0, 0.1) is 0 Å². The van der Waals surface area contributed by atoms with Crippen molar-refractivity contribution in [1.82, 2.24) is 10.3 Å². The van der Waals surface area contributed by atoms with E-state index in [0.717, 1.165) is 0 Å². The van der Waals surface area contributed by atoms with E-state index in [2.05, 4.69) is 20.3 Å². The normalized spacial score (nSPS) is 9.93. The predicted octanol–water partition coefficient (Wildman–Crippen LogP) is 1.98. The first-order valence-corrected chi connectivity index (χ1v) is 4.48. The van der Waals surface area contributed by atoms with Gasteiger partial charge in [-0.15, -0.1) is 0 Å². The molecule has 0 spiro atoms. The van der Waals surface area contributed by atoms with Crippen LogP contribution in [0.3, 0.4) is 0 Å². The highest BCUT2D eigenvalue weighted by Crippen LogP contribution is 2.13. The van der Waals surface area contributed by atoms with Crippen molar-refractivity contribution in [2.24, 2.45) is 0 Å². The van der Waals surface area contributed by atoms with Crippen molar-refractivity contribution >= 4 is 23.2 Å². The van der Waals surface area contributed by atoms with E-state index in [1.54, 1.807) is 24.3 Å². The minimum absolute atomic E-state index is 0.130. The van der Waals surface area contributed by atoms with Gasteiger partial charge in [0.25, 0.3) is 5.91 Å². The van der Waals surface area contributed by atoms with Gasteiger partial charge in [0.1, 0.15) is 6.20 Å². The van der Waals surface area contributed by atoms with E-state index in [1.807, 2.05) is 0 Å². The Morgan fingerprint density at radius 1 is 1.33 bits per heavy atom. The van der Waals surface area contributed by atoms with Crippen molar-refractivity contribution < 1.29 is 9.42 Å². The lowest BCUT2D eigenvalue weighted by atomic mass is 10.3. The smallest absolute Gasteiger partial charge is 0.279 e. The van der Waals surface area contributed by atoms with E-state index in [-0.39, 0.29) is 11.6 Å². The molecule has 0 aliphatic heterocycles. The number of hydrogen-bond donors (Lipinski definition) is 1. The average molecular weight is 224 g/mol. The SMILES string of the molecule is O=C(Nc1ccc(Cl)cc1)c1cnon1. The average Bonchev–Trinajstić information content (AvgIpc) is 2.74. The van der Waals surface area contributed by atoms with Crippen LogP contribution in [0.4, 0.5) is 5.69 Å². The summed E-state index contributed by atoms with van der Waals surface area (Å²) in [5.41, 5.74) is 0.761. The van der Waals surface area contributed by atoms with E-state index >= 15 is 0 Å². The maximum atomic E-state index is 11.5. The number of nitrogens with zero attached hydrogens (tertiary/aromatic N) is 2. The summed E-state index contributed by atoms with van der Waals surface area (Å²) in [6, 6.07) is 6.73. The monoisotopic (exact) mass is 223 g/mol. The fourth-order valence-corrected chi connectivity index (χ4v) is 1.12. The van der Waals surface area contributed by atoms with Gasteiger partial charge in [-0.05, 0) is 29.4 Å². The highest BCUT2D eigenvalue weighted by molar-refractivity contribution is 6.30. The zero-order valence-corrected chi connectivity index (χ0v) is 8.23. The maximum Gasteiger partial charge on any atom is 0.279 e. The highest BCUT2D eigenvalue weighted by Gasteiger charge is 2.09. The number of hydrogen-bond acceptors (Lipinski definition) is 4. The number of halogens is 1. The molecule has 0 saturated carbocycles. The molecule has 0 saturated heterocycles. The van der Waals surface area contributed by atoms with E-state index in [0.29, 0.717) is 10.7 Å². The largest absolute Gasteiger partial charge is 0.320 e. The Balaban J connectivity index is 2.09. The molecule has 1 heterocycles. The summed E-state index contributed by atoms with van der Waals surface area (Å²) in [6.07, 6.45) is 1.24. The summed E-state index contributed by atoms with van der Waals surface area (Å²) >= 11 is 5.70. The van der Waals surface area contributed by atoms with Gasteiger partial charge in [-0.3, -0.25) is 4.79 Å². The number of aromatic nitrogens is 2. The third-order valence-corrected chi connectivity index (χ3v) is 1.95. The molecule has 5 nitrogen and oxygen atoms in total. The predicted molar refractivity (Wildman–Crippen MR) is 53.7 cm³/mol. The Morgan fingerprint density at radius 2 is 2.07 bits per heavy atom. The Kier molecular flexibility index (Phi) is 2.64. The highest BCUT2D eigenvalue weighted by atomic mass is 35.5. The van der Waals surface area contributed by atoms with E-state index < -0.39 is 0 Å². The molecule has 0 fully saturated rings. The molecule has 2 rings (SSSR count). The third kappa shape index (κ3) is 2.32. The van der Waals surface area contributed by atoms with Crippen LogP contribution in [-0.2, 0) is 0 Å². The van der Waals surface area contributed by atoms with Crippen LogP contribution < -0.4 is 5.32 Å². The van der Waals surface area contributed by atoms with Crippen molar-refractivity contribution in [3.05, 3.63) is 41.2 Å². The Morgan fingerprint density at radius 3 is 2.67 bits per heavy atom. The molecular weight excluding hydrogens is 218 g/mol. The van der Waals surface area contributed by atoms with E-state index in [4.69, 9.17) is 11.6 Å². The summed E-state index contributed by atoms with van der Waals surface area (Å²) in [7, 11) is 0. The number of rotatable bonds is 2. The third-order valence-electron chi connectivity index (χ3n) is 1.70. The summed E-state index contributed by atoms with van der Waals surface area (Å²) in [4.78, 5) is 11.5. The van der Waals surface area contributed by atoms with Gasteiger partial charge < -0.3 is 5.32 Å². The lowest BCUT2D eigenvalue weighted by Crippen LogP contribution is -2.11. The molecule has 15 heavy (non-hydrogen) atoms. The van der Waals surface area contributed by atoms with Crippen LogP contribution in [-0.4, -0.2) is 16.2 Å². The molecule has 2 aromatic rings. The Bertz CT molecular complexity index is 453. The van der Waals surface area contributed by atoms with Gasteiger partial charge >= 0.3 is 0 Å². The minimum Gasteiger partial charge on any atom is -0.320 e. The first-order valence-electron chi connectivity index (χ1n) is 4.10.